The highest BCUT2D eigenvalue weighted by Crippen LogP contribution is 2.43. The van der Waals surface area contributed by atoms with Gasteiger partial charge in [0.1, 0.15) is 11.5 Å². The molecule has 2 aromatic carbocycles. The lowest BCUT2D eigenvalue weighted by Crippen LogP contribution is -2.53. The van der Waals surface area contributed by atoms with Gasteiger partial charge in [0.2, 0.25) is 5.60 Å². The van der Waals surface area contributed by atoms with Crippen LogP contribution in [0.5, 0.6) is 11.5 Å². The molecule has 1 aliphatic rings. The molecule has 3 N–H and O–H groups in total. The van der Waals surface area contributed by atoms with Gasteiger partial charge >= 0.3 is 12.1 Å². The van der Waals surface area contributed by atoms with Crippen LogP contribution in [-0.2, 0) is 32.9 Å². The lowest BCUT2D eigenvalue weighted by atomic mass is 9.91. The number of rotatable bonds is 10. The molecule has 4 rings (SSSR count). The minimum atomic E-state index is -4.91. The van der Waals surface area contributed by atoms with Crippen molar-refractivity contribution in [3.05, 3.63) is 59.3 Å². The predicted octanol–water partition coefficient (Wildman–Crippen LogP) is 4.42. The molecule has 1 unspecified atom stereocenters. The normalized spacial score (nSPS) is 16.8. The molecular formula is C28H33F3N2O6. The van der Waals surface area contributed by atoms with Crippen molar-refractivity contribution in [2.45, 2.75) is 50.7 Å². The number of carbonyl (C=O) groups is 1. The van der Waals surface area contributed by atoms with Gasteiger partial charge < -0.3 is 29.4 Å². The van der Waals surface area contributed by atoms with Crippen molar-refractivity contribution >= 4 is 16.9 Å². The maximum absolute atomic E-state index is 14.2. The summed E-state index contributed by atoms with van der Waals surface area (Å²) in [5.41, 5.74) is -1.50. The molecule has 3 aromatic rings. The molecule has 1 atom stereocenters. The number of alkyl halides is 3. The summed E-state index contributed by atoms with van der Waals surface area (Å²) in [6.07, 6.45) is -2.80. The first-order valence-electron chi connectivity index (χ1n) is 12.8. The van der Waals surface area contributed by atoms with Crippen LogP contribution in [0.4, 0.5) is 13.2 Å². The number of halogens is 3. The summed E-state index contributed by atoms with van der Waals surface area (Å²) < 4.78 is 59.1. The minimum absolute atomic E-state index is 0.0845. The van der Waals surface area contributed by atoms with Crippen LogP contribution in [0.3, 0.4) is 0 Å². The summed E-state index contributed by atoms with van der Waals surface area (Å²) in [7, 11) is 1.53. The van der Waals surface area contributed by atoms with Crippen LogP contribution in [0.15, 0.2) is 42.6 Å². The number of fused-ring (bicyclic) bond motifs is 1. The first-order chi connectivity index (χ1) is 18.5. The molecule has 11 heteroatoms. The van der Waals surface area contributed by atoms with Gasteiger partial charge in [0, 0.05) is 53.9 Å². The maximum atomic E-state index is 14.2. The van der Waals surface area contributed by atoms with Crippen LogP contribution in [0, 0.1) is 0 Å². The summed E-state index contributed by atoms with van der Waals surface area (Å²) in [4.78, 5) is 16.1. The topological polar surface area (TPSA) is 104 Å². The number of methoxy groups -OCH3 is 1. The maximum Gasteiger partial charge on any atom is 0.422 e. The number of aromatic hydroxyl groups is 1. The van der Waals surface area contributed by atoms with Gasteiger partial charge in [-0.3, -0.25) is 9.69 Å². The van der Waals surface area contributed by atoms with Gasteiger partial charge in [-0.05, 0) is 43.5 Å². The van der Waals surface area contributed by atoms with Gasteiger partial charge in [0.05, 0.1) is 32.8 Å². The zero-order chi connectivity index (χ0) is 28.2. The van der Waals surface area contributed by atoms with Gasteiger partial charge in [-0.15, -0.1) is 0 Å². The van der Waals surface area contributed by atoms with E-state index in [1.54, 1.807) is 17.9 Å². The largest absolute Gasteiger partial charge is 0.508 e. The SMILES string of the molecule is CCOC(=O)Cc1ccc(COC2CCN(CC(O)(c3c[nH]c4cc(O)ccc34)C(F)(F)F)CC2)c(OC)c1. The van der Waals surface area contributed by atoms with E-state index >= 15 is 0 Å². The second kappa shape index (κ2) is 11.8. The first kappa shape index (κ1) is 28.7. The number of H-pyrrole nitrogens is 1. The highest BCUT2D eigenvalue weighted by molar-refractivity contribution is 5.85. The Morgan fingerprint density at radius 2 is 1.90 bits per heavy atom. The van der Waals surface area contributed by atoms with E-state index in [-0.39, 0.29) is 41.8 Å². The molecule has 1 fully saturated rings. The number of esters is 1. The van der Waals surface area contributed by atoms with Crippen molar-refractivity contribution in [1.82, 2.24) is 9.88 Å². The fourth-order valence-corrected chi connectivity index (χ4v) is 4.95. The van der Waals surface area contributed by atoms with Crippen molar-refractivity contribution in [1.29, 1.82) is 0 Å². The third kappa shape index (κ3) is 6.48. The Morgan fingerprint density at radius 1 is 1.15 bits per heavy atom. The molecule has 0 bridgehead atoms. The third-order valence-corrected chi connectivity index (χ3v) is 7.05. The van der Waals surface area contributed by atoms with Crippen LogP contribution in [0.25, 0.3) is 10.9 Å². The summed E-state index contributed by atoms with van der Waals surface area (Å²) >= 11 is 0. The standard InChI is InChI=1S/C28H33F3N2O6/c1-3-38-26(35)13-18-4-5-19(25(12-18)37-2)16-39-21-8-10-33(11-9-21)17-27(36,28(29,30)31)23-15-32-24-14-20(34)6-7-22(23)24/h4-7,12,14-15,21,32,34,36H,3,8-11,13,16-17H2,1-2H3. The average Bonchev–Trinajstić information content (AvgIpc) is 3.31. The molecule has 1 aromatic heterocycles. The summed E-state index contributed by atoms with van der Waals surface area (Å²) in [5, 5.41) is 20.8. The highest BCUT2D eigenvalue weighted by atomic mass is 19.4. The quantitative estimate of drug-likeness (QED) is 0.321. The van der Waals surface area contributed by atoms with E-state index in [0.717, 1.165) is 17.3 Å². The fourth-order valence-electron chi connectivity index (χ4n) is 4.95. The number of carbonyl (C=O) groups excluding carboxylic acids is 1. The summed E-state index contributed by atoms with van der Waals surface area (Å²) in [6, 6.07) is 9.38. The van der Waals surface area contributed by atoms with E-state index in [0.29, 0.717) is 43.8 Å². The Bertz CT molecular complexity index is 1290. The smallest absolute Gasteiger partial charge is 0.422 e. The molecular weight excluding hydrogens is 517 g/mol. The zero-order valence-corrected chi connectivity index (χ0v) is 21.9. The second-order valence-electron chi connectivity index (χ2n) is 9.70. The number of phenols is 1. The van der Waals surface area contributed by atoms with E-state index < -0.39 is 18.3 Å². The molecule has 1 saturated heterocycles. The van der Waals surface area contributed by atoms with Crippen molar-refractivity contribution in [2.75, 3.05) is 33.4 Å². The van der Waals surface area contributed by atoms with E-state index in [9.17, 15) is 28.2 Å². The molecule has 39 heavy (non-hydrogen) atoms. The predicted molar refractivity (Wildman–Crippen MR) is 137 cm³/mol. The van der Waals surface area contributed by atoms with Crippen molar-refractivity contribution in [2.24, 2.45) is 0 Å². The Morgan fingerprint density at radius 3 is 2.56 bits per heavy atom. The third-order valence-electron chi connectivity index (χ3n) is 7.05. The number of benzene rings is 2. The van der Waals surface area contributed by atoms with Gasteiger partial charge in [0.15, 0.2) is 0 Å². The highest BCUT2D eigenvalue weighted by Gasteiger charge is 2.56. The Labute approximate surface area is 224 Å². The number of piperidine rings is 1. The summed E-state index contributed by atoms with van der Waals surface area (Å²) in [6.45, 7) is 2.33. The molecule has 0 radical (unpaired) electrons. The number of hydrogen-bond acceptors (Lipinski definition) is 7. The molecule has 0 aliphatic carbocycles. The van der Waals surface area contributed by atoms with E-state index in [2.05, 4.69) is 4.98 Å². The van der Waals surface area contributed by atoms with Crippen LogP contribution in [-0.4, -0.2) is 71.7 Å². The van der Waals surface area contributed by atoms with Gasteiger partial charge in [0.25, 0.3) is 0 Å². The number of aromatic amines is 1. The number of nitrogens with zero attached hydrogens (tertiary/aromatic N) is 1. The Balaban J connectivity index is 1.36. The number of aliphatic hydroxyl groups is 1. The molecule has 0 saturated carbocycles. The summed E-state index contributed by atoms with van der Waals surface area (Å²) in [5.74, 6) is 0.173. The number of nitrogens with one attached hydrogen (secondary N) is 1. The van der Waals surface area contributed by atoms with E-state index in [1.165, 1.54) is 25.3 Å². The molecule has 8 nitrogen and oxygen atoms in total. The minimum Gasteiger partial charge on any atom is -0.508 e. The Kier molecular flexibility index (Phi) is 8.73. The number of ether oxygens (including phenoxy) is 3. The van der Waals surface area contributed by atoms with E-state index in [1.807, 2.05) is 12.1 Å². The average molecular weight is 551 g/mol. The number of β-amino-alcohol motifs (C(OH)–C–C–N with tert-alkyl or cyclic N) is 1. The van der Waals surface area contributed by atoms with Crippen LogP contribution in [0.2, 0.25) is 0 Å². The van der Waals surface area contributed by atoms with Crippen LogP contribution >= 0.6 is 0 Å². The Hall–Kier alpha value is -3.28. The van der Waals surface area contributed by atoms with Crippen LogP contribution < -0.4 is 4.74 Å². The van der Waals surface area contributed by atoms with Gasteiger partial charge in [-0.2, -0.15) is 13.2 Å². The van der Waals surface area contributed by atoms with Crippen molar-refractivity contribution < 1.29 is 42.4 Å². The molecule has 0 spiro atoms. The van der Waals surface area contributed by atoms with Gasteiger partial charge in [-0.25, -0.2) is 0 Å². The monoisotopic (exact) mass is 550 g/mol. The second-order valence-corrected chi connectivity index (χ2v) is 9.70. The van der Waals surface area contributed by atoms with Crippen LogP contribution in [0.1, 0.15) is 36.5 Å². The fraction of sp³-hybridized carbons (Fsp3) is 0.464. The lowest BCUT2D eigenvalue weighted by Gasteiger charge is -2.39. The zero-order valence-electron chi connectivity index (χ0n) is 21.9. The molecule has 0 amide bonds. The number of likely N-dealkylation sites (tertiary alicyclic amines) is 1. The molecule has 212 valence electrons. The van der Waals surface area contributed by atoms with Gasteiger partial charge in [-0.1, -0.05) is 12.1 Å². The van der Waals surface area contributed by atoms with Crippen molar-refractivity contribution in [3.63, 3.8) is 0 Å². The molecule has 2 heterocycles. The molecule has 1 aliphatic heterocycles. The first-order valence-corrected chi connectivity index (χ1v) is 12.8. The van der Waals surface area contributed by atoms with E-state index in [4.69, 9.17) is 14.2 Å². The number of aromatic nitrogens is 1. The van der Waals surface area contributed by atoms with Crippen molar-refractivity contribution in [3.8, 4) is 11.5 Å². The number of phenolic OH excluding ortho intramolecular Hbond substituents is 1. The number of hydrogen-bond donors (Lipinski definition) is 3. The lowest BCUT2D eigenvalue weighted by molar-refractivity contribution is -0.272.